The van der Waals surface area contributed by atoms with Crippen LogP contribution in [0.25, 0.3) is 0 Å². The molecule has 5 nitrogen and oxygen atoms in total. The van der Waals surface area contributed by atoms with Gasteiger partial charge in [-0.3, -0.25) is 14.5 Å². The Bertz CT molecular complexity index is 720. The summed E-state index contributed by atoms with van der Waals surface area (Å²) in [6, 6.07) is 9.22. The molecule has 0 spiro atoms. The van der Waals surface area contributed by atoms with Crippen LogP contribution in [0.3, 0.4) is 0 Å². The van der Waals surface area contributed by atoms with E-state index in [-0.39, 0.29) is 24.4 Å². The Morgan fingerprint density at radius 1 is 1.14 bits per heavy atom. The van der Waals surface area contributed by atoms with Crippen LogP contribution in [0.4, 0.5) is 0 Å². The highest BCUT2D eigenvalue weighted by Crippen LogP contribution is 2.48. The number of carbonyl (C=O) groups excluding carboxylic acids is 1. The number of amides is 1. The topological polar surface area (TPSA) is 69.6 Å². The number of hydrogen-bond acceptors (Lipinski definition) is 3. The molecule has 1 aromatic carbocycles. The molecule has 4 rings (SSSR count). The number of carboxylic acids is 1. The molecule has 3 fully saturated rings. The number of benzene rings is 1. The number of nitrogens with zero attached hydrogens (tertiary/aromatic N) is 1. The standard InChI is InChI=1S/C23H32N2O3/c1-14(2)16-5-7-17(8-6-16)20-11-21(20)23(28)24-18-9-19(10-18)25(13-22(26)27)12-15-3-4-15/h5-8,14-15,18-21H,3-4,9-13H2,1-2H3,(H,24,28)(H,26,27). The monoisotopic (exact) mass is 384 g/mol. The minimum Gasteiger partial charge on any atom is -0.480 e. The molecule has 3 aliphatic rings. The van der Waals surface area contributed by atoms with Crippen LogP contribution in [-0.2, 0) is 9.59 Å². The minimum atomic E-state index is -0.752. The summed E-state index contributed by atoms with van der Waals surface area (Å²) in [4.78, 5) is 25.8. The van der Waals surface area contributed by atoms with Gasteiger partial charge in [-0.1, -0.05) is 38.1 Å². The smallest absolute Gasteiger partial charge is 0.317 e. The van der Waals surface area contributed by atoms with E-state index in [1.807, 2.05) is 0 Å². The van der Waals surface area contributed by atoms with E-state index in [0.717, 1.165) is 25.8 Å². The van der Waals surface area contributed by atoms with Crippen molar-refractivity contribution >= 4 is 11.9 Å². The highest BCUT2D eigenvalue weighted by atomic mass is 16.4. The van der Waals surface area contributed by atoms with Gasteiger partial charge in [-0.15, -0.1) is 0 Å². The molecule has 152 valence electrons. The second-order valence-electron chi connectivity index (χ2n) is 9.37. The predicted molar refractivity (Wildman–Crippen MR) is 108 cm³/mol. The zero-order chi connectivity index (χ0) is 19.8. The maximum absolute atomic E-state index is 12.6. The maximum Gasteiger partial charge on any atom is 0.317 e. The first-order valence-corrected chi connectivity index (χ1v) is 10.8. The van der Waals surface area contributed by atoms with Gasteiger partial charge in [0.15, 0.2) is 0 Å². The van der Waals surface area contributed by atoms with Crippen LogP contribution in [0.5, 0.6) is 0 Å². The number of nitrogens with one attached hydrogen (secondary N) is 1. The third kappa shape index (κ3) is 4.57. The predicted octanol–water partition coefficient (Wildman–Crippen LogP) is 3.36. The highest BCUT2D eigenvalue weighted by Gasteiger charge is 2.46. The van der Waals surface area contributed by atoms with Gasteiger partial charge in [0.25, 0.3) is 0 Å². The Morgan fingerprint density at radius 3 is 2.39 bits per heavy atom. The number of rotatable bonds is 9. The first kappa shape index (κ1) is 19.4. The van der Waals surface area contributed by atoms with Crippen molar-refractivity contribution in [2.45, 2.75) is 69.9 Å². The van der Waals surface area contributed by atoms with Crippen molar-refractivity contribution in [2.75, 3.05) is 13.1 Å². The molecule has 3 saturated carbocycles. The normalized spacial score (nSPS) is 28.9. The summed E-state index contributed by atoms with van der Waals surface area (Å²) >= 11 is 0. The van der Waals surface area contributed by atoms with Crippen LogP contribution in [0.2, 0.25) is 0 Å². The van der Waals surface area contributed by atoms with Crippen LogP contribution in [0.1, 0.15) is 68.9 Å². The Hall–Kier alpha value is -1.88. The van der Waals surface area contributed by atoms with Gasteiger partial charge in [0.2, 0.25) is 5.91 Å². The van der Waals surface area contributed by atoms with E-state index in [1.165, 1.54) is 24.0 Å². The first-order chi connectivity index (χ1) is 13.4. The zero-order valence-corrected chi connectivity index (χ0v) is 16.9. The van der Waals surface area contributed by atoms with Gasteiger partial charge in [0.05, 0.1) is 6.54 Å². The van der Waals surface area contributed by atoms with E-state index in [1.54, 1.807) is 0 Å². The lowest BCUT2D eigenvalue weighted by atomic mass is 9.85. The van der Waals surface area contributed by atoms with Crippen LogP contribution in [-0.4, -0.2) is 47.1 Å². The second-order valence-corrected chi connectivity index (χ2v) is 9.37. The number of hydrogen-bond donors (Lipinski definition) is 2. The van der Waals surface area contributed by atoms with Crippen molar-refractivity contribution in [3.63, 3.8) is 0 Å². The lowest BCUT2D eigenvalue weighted by molar-refractivity contribution is -0.140. The van der Waals surface area contributed by atoms with Crippen LogP contribution >= 0.6 is 0 Å². The third-order valence-electron chi connectivity index (χ3n) is 6.66. The van der Waals surface area contributed by atoms with Crippen molar-refractivity contribution < 1.29 is 14.7 Å². The van der Waals surface area contributed by atoms with Crippen molar-refractivity contribution in [2.24, 2.45) is 11.8 Å². The summed E-state index contributed by atoms with van der Waals surface area (Å²) in [6.45, 7) is 5.40. The van der Waals surface area contributed by atoms with Crippen molar-refractivity contribution in [3.05, 3.63) is 35.4 Å². The molecule has 3 aliphatic carbocycles. The summed E-state index contributed by atoms with van der Waals surface area (Å²) in [5.74, 6) is 1.09. The van der Waals surface area contributed by atoms with Gasteiger partial charge in [0, 0.05) is 24.5 Å². The summed E-state index contributed by atoms with van der Waals surface area (Å²) in [5, 5.41) is 12.4. The molecule has 5 heteroatoms. The Balaban J connectivity index is 1.23. The van der Waals surface area contributed by atoms with Gasteiger partial charge in [-0.25, -0.2) is 0 Å². The molecular formula is C23H32N2O3. The number of carboxylic acid groups (broad SMARTS) is 1. The van der Waals surface area contributed by atoms with Crippen LogP contribution in [0, 0.1) is 11.8 Å². The number of aliphatic carboxylic acids is 1. The molecule has 2 atom stereocenters. The average Bonchev–Trinajstić information content (AvgIpc) is 3.50. The van der Waals surface area contributed by atoms with Gasteiger partial charge in [-0.2, -0.15) is 0 Å². The molecule has 1 aromatic rings. The molecule has 0 radical (unpaired) electrons. The fourth-order valence-electron chi connectivity index (χ4n) is 4.44. The second kappa shape index (κ2) is 7.86. The first-order valence-electron chi connectivity index (χ1n) is 10.8. The third-order valence-corrected chi connectivity index (χ3v) is 6.66. The SMILES string of the molecule is CC(C)c1ccc(C2CC2C(=O)NC2CC(N(CC(=O)O)CC3CC3)C2)cc1. The van der Waals surface area contributed by atoms with Crippen LogP contribution in [0.15, 0.2) is 24.3 Å². The summed E-state index contributed by atoms with van der Waals surface area (Å²) in [7, 11) is 0. The molecule has 28 heavy (non-hydrogen) atoms. The van der Waals surface area contributed by atoms with Crippen LogP contribution < -0.4 is 5.32 Å². The van der Waals surface area contributed by atoms with Gasteiger partial charge < -0.3 is 10.4 Å². The molecule has 0 heterocycles. The maximum atomic E-state index is 12.6. The van der Waals surface area contributed by atoms with Gasteiger partial charge >= 0.3 is 5.97 Å². The van der Waals surface area contributed by atoms with Crippen molar-refractivity contribution in [3.8, 4) is 0 Å². The van der Waals surface area contributed by atoms with E-state index >= 15 is 0 Å². The minimum absolute atomic E-state index is 0.102. The molecule has 0 aliphatic heterocycles. The van der Waals surface area contributed by atoms with E-state index in [9.17, 15) is 9.59 Å². The van der Waals surface area contributed by atoms with E-state index in [0.29, 0.717) is 23.8 Å². The molecule has 2 unspecified atom stereocenters. The summed E-state index contributed by atoms with van der Waals surface area (Å²) < 4.78 is 0. The van der Waals surface area contributed by atoms with Gasteiger partial charge in [-0.05, 0) is 61.0 Å². The molecule has 0 aromatic heterocycles. The molecular weight excluding hydrogens is 352 g/mol. The lowest BCUT2D eigenvalue weighted by Crippen LogP contribution is -2.55. The zero-order valence-electron chi connectivity index (χ0n) is 16.9. The van der Waals surface area contributed by atoms with E-state index in [4.69, 9.17) is 5.11 Å². The van der Waals surface area contributed by atoms with E-state index in [2.05, 4.69) is 48.3 Å². The average molecular weight is 385 g/mol. The van der Waals surface area contributed by atoms with E-state index < -0.39 is 5.97 Å². The molecule has 0 bridgehead atoms. The molecule has 1 amide bonds. The fourth-order valence-corrected chi connectivity index (χ4v) is 4.44. The summed E-state index contributed by atoms with van der Waals surface area (Å²) in [5.41, 5.74) is 2.61. The van der Waals surface area contributed by atoms with Gasteiger partial charge in [0.1, 0.15) is 0 Å². The molecule has 2 N–H and O–H groups in total. The largest absolute Gasteiger partial charge is 0.480 e. The Kier molecular flexibility index (Phi) is 5.46. The quantitative estimate of drug-likeness (QED) is 0.685. The lowest BCUT2D eigenvalue weighted by Gasteiger charge is -2.42. The number of carbonyl (C=O) groups is 2. The molecule has 0 saturated heterocycles. The highest BCUT2D eigenvalue weighted by molar-refractivity contribution is 5.83. The fraction of sp³-hybridized carbons (Fsp3) is 0.652. The summed E-state index contributed by atoms with van der Waals surface area (Å²) in [6.07, 6.45) is 5.16. The van der Waals surface area contributed by atoms with Crippen molar-refractivity contribution in [1.82, 2.24) is 10.2 Å². The van der Waals surface area contributed by atoms with Crippen molar-refractivity contribution in [1.29, 1.82) is 0 Å². The Labute approximate surface area is 167 Å². The Morgan fingerprint density at radius 2 is 1.82 bits per heavy atom.